The molecule has 3 fully saturated rings. The van der Waals surface area contributed by atoms with Crippen LogP contribution in [0.4, 0.5) is 0 Å². The summed E-state index contributed by atoms with van der Waals surface area (Å²) in [5, 5.41) is 0. The monoisotopic (exact) mass is 634 g/mol. The number of hydrogen-bond donors (Lipinski definition) is 0. The SMILES string of the molecule is C=C[C@]1(C)CC[C@@H](C(=C)COC(=O)CCN2CCN(CCC(=O)OCC(=C)[C@@H]3CC[C@@](C)(C=C)[C@H](C(=C)C)C3)CC2)C[C@H]1C(=C)C. The summed E-state index contributed by atoms with van der Waals surface area (Å²) < 4.78 is 11.3. The largest absolute Gasteiger partial charge is 0.461 e. The van der Waals surface area contributed by atoms with Gasteiger partial charge in [0.2, 0.25) is 0 Å². The molecular formula is C40H62N2O4. The molecule has 46 heavy (non-hydrogen) atoms. The van der Waals surface area contributed by atoms with Crippen LogP contribution >= 0.6 is 0 Å². The Morgan fingerprint density at radius 1 is 0.696 bits per heavy atom. The third-order valence-corrected chi connectivity index (χ3v) is 11.5. The summed E-state index contributed by atoms with van der Waals surface area (Å²) in [4.78, 5) is 29.7. The van der Waals surface area contributed by atoms with Crippen molar-refractivity contribution < 1.29 is 19.1 Å². The van der Waals surface area contributed by atoms with Crippen molar-refractivity contribution in [3.63, 3.8) is 0 Å². The molecule has 6 nitrogen and oxygen atoms in total. The first-order valence-corrected chi connectivity index (χ1v) is 17.4. The van der Waals surface area contributed by atoms with Crippen molar-refractivity contribution in [2.24, 2.45) is 34.5 Å². The second-order valence-corrected chi connectivity index (χ2v) is 15.0. The maximum atomic E-state index is 12.5. The molecule has 3 aliphatic rings. The van der Waals surface area contributed by atoms with Gasteiger partial charge >= 0.3 is 11.9 Å². The van der Waals surface area contributed by atoms with Gasteiger partial charge in [-0.1, -0.05) is 63.5 Å². The second kappa shape index (κ2) is 16.9. The molecule has 2 aliphatic carbocycles. The lowest BCUT2D eigenvalue weighted by Crippen LogP contribution is -2.47. The van der Waals surface area contributed by atoms with Gasteiger partial charge in [0, 0.05) is 39.3 Å². The summed E-state index contributed by atoms with van der Waals surface area (Å²) in [5.74, 6) is 1.08. The molecular weight excluding hydrogens is 572 g/mol. The Morgan fingerprint density at radius 2 is 1.04 bits per heavy atom. The molecule has 6 heteroatoms. The van der Waals surface area contributed by atoms with Crippen molar-refractivity contribution >= 4 is 11.9 Å². The van der Waals surface area contributed by atoms with Gasteiger partial charge in [-0.2, -0.15) is 0 Å². The Hall–Kier alpha value is -2.70. The fourth-order valence-corrected chi connectivity index (χ4v) is 7.88. The molecule has 0 spiro atoms. The highest BCUT2D eigenvalue weighted by Gasteiger charge is 2.40. The number of piperazine rings is 1. The van der Waals surface area contributed by atoms with E-state index in [1.807, 2.05) is 0 Å². The Labute approximate surface area is 280 Å². The molecule has 1 aliphatic heterocycles. The Bertz CT molecular complexity index is 1070. The molecule has 0 N–H and O–H groups in total. The highest BCUT2D eigenvalue weighted by atomic mass is 16.5. The van der Waals surface area contributed by atoms with Crippen LogP contribution in [-0.2, 0) is 19.1 Å². The molecule has 1 saturated heterocycles. The number of nitrogens with zero attached hydrogens (tertiary/aromatic N) is 2. The number of carbonyl (C=O) groups is 2. The highest BCUT2D eigenvalue weighted by Crippen LogP contribution is 2.49. The molecule has 1 heterocycles. The number of hydrogen-bond acceptors (Lipinski definition) is 6. The maximum Gasteiger partial charge on any atom is 0.307 e. The van der Waals surface area contributed by atoms with Crippen molar-refractivity contribution in [3.8, 4) is 0 Å². The molecule has 6 atom stereocenters. The van der Waals surface area contributed by atoms with Gasteiger partial charge in [0.25, 0.3) is 0 Å². The van der Waals surface area contributed by atoms with Crippen LogP contribution in [0.25, 0.3) is 0 Å². The zero-order valence-electron chi connectivity index (χ0n) is 29.5. The zero-order chi connectivity index (χ0) is 34.1. The lowest BCUT2D eigenvalue weighted by molar-refractivity contribution is -0.144. The summed E-state index contributed by atoms with van der Waals surface area (Å²) in [7, 11) is 0. The van der Waals surface area contributed by atoms with E-state index in [9.17, 15) is 9.59 Å². The van der Waals surface area contributed by atoms with Gasteiger partial charge < -0.3 is 19.3 Å². The topological polar surface area (TPSA) is 59.1 Å². The van der Waals surface area contributed by atoms with Crippen LogP contribution in [0.5, 0.6) is 0 Å². The van der Waals surface area contributed by atoms with Crippen LogP contribution in [0.2, 0.25) is 0 Å². The summed E-state index contributed by atoms with van der Waals surface area (Å²) in [5.41, 5.74) is 4.51. The maximum absolute atomic E-state index is 12.5. The normalized spacial score (nSPS) is 30.5. The van der Waals surface area contributed by atoms with E-state index in [4.69, 9.17) is 9.47 Å². The van der Waals surface area contributed by atoms with Gasteiger partial charge in [0.15, 0.2) is 0 Å². The molecule has 256 valence electrons. The van der Waals surface area contributed by atoms with Crippen molar-refractivity contribution in [1.29, 1.82) is 0 Å². The van der Waals surface area contributed by atoms with Crippen molar-refractivity contribution in [2.75, 3.05) is 52.5 Å². The van der Waals surface area contributed by atoms with Crippen LogP contribution in [0.15, 0.2) is 73.9 Å². The van der Waals surface area contributed by atoms with Crippen LogP contribution in [0.3, 0.4) is 0 Å². The molecule has 3 rings (SSSR count). The number of esters is 2. The van der Waals surface area contributed by atoms with Crippen molar-refractivity contribution in [3.05, 3.63) is 73.9 Å². The predicted octanol–water partition coefficient (Wildman–Crippen LogP) is 7.95. The first-order chi connectivity index (χ1) is 21.7. The van der Waals surface area contributed by atoms with Crippen LogP contribution < -0.4 is 0 Å². The summed E-state index contributed by atoms with van der Waals surface area (Å²) in [6, 6.07) is 0. The highest BCUT2D eigenvalue weighted by molar-refractivity contribution is 5.70. The minimum absolute atomic E-state index is 0.0707. The van der Waals surface area contributed by atoms with Crippen molar-refractivity contribution in [2.45, 2.75) is 79.1 Å². The minimum Gasteiger partial charge on any atom is -0.461 e. The lowest BCUT2D eigenvalue weighted by atomic mass is 9.61. The second-order valence-electron chi connectivity index (χ2n) is 15.0. The minimum atomic E-state index is -0.172. The lowest BCUT2D eigenvalue weighted by Gasteiger charge is -2.43. The van der Waals surface area contributed by atoms with Gasteiger partial charge in [0.1, 0.15) is 13.2 Å². The van der Waals surface area contributed by atoms with E-state index in [1.165, 1.54) is 11.1 Å². The van der Waals surface area contributed by atoms with Gasteiger partial charge in [-0.05, 0) is 98.0 Å². The number of ether oxygens (including phenoxy) is 2. The van der Waals surface area contributed by atoms with Crippen LogP contribution in [0, 0.1) is 34.5 Å². The fourth-order valence-electron chi connectivity index (χ4n) is 7.88. The summed E-state index contributed by atoms with van der Waals surface area (Å²) in [6.07, 6.45) is 11.0. The number of carbonyl (C=O) groups excluding carboxylic acids is 2. The first-order valence-electron chi connectivity index (χ1n) is 17.4. The number of rotatable bonds is 16. The molecule has 0 aromatic rings. The van der Waals surface area contributed by atoms with E-state index >= 15 is 0 Å². The fraction of sp³-hybridized carbons (Fsp3) is 0.650. The Kier molecular flexibility index (Phi) is 13.9. The zero-order valence-corrected chi connectivity index (χ0v) is 29.5. The van der Waals surface area contributed by atoms with Crippen molar-refractivity contribution in [1.82, 2.24) is 9.80 Å². The van der Waals surface area contributed by atoms with E-state index < -0.39 is 0 Å². The van der Waals surface area contributed by atoms with Gasteiger partial charge in [0.05, 0.1) is 12.8 Å². The molecule has 0 unspecified atom stereocenters. The van der Waals surface area contributed by atoms with Gasteiger partial charge in [-0.25, -0.2) is 0 Å². The molecule has 0 radical (unpaired) electrons. The molecule has 0 aromatic carbocycles. The van der Waals surface area contributed by atoms with E-state index in [0.717, 1.165) is 75.9 Å². The van der Waals surface area contributed by atoms with E-state index in [-0.39, 0.29) is 22.8 Å². The summed E-state index contributed by atoms with van der Waals surface area (Å²) >= 11 is 0. The number of allylic oxidation sites excluding steroid dienone is 4. The summed E-state index contributed by atoms with van der Waals surface area (Å²) in [6.45, 7) is 39.3. The average molecular weight is 635 g/mol. The Balaban J connectivity index is 1.28. The van der Waals surface area contributed by atoms with Gasteiger partial charge in [-0.15, -0.1) is 13.2 Å². The first kappa shape index (κ1) is 37.8. The van der Waals surface area contributed by atoms with Crippen LogP contribution in [-0.4, -0.2) is 74.2 Å². The average Bonchev–Trinajstić information content (AvgIpc) is 3.04. The third-order valence-electron chi connectivity index (χ3n) is 11.5. The molecule has 0 bridgehead atoms. The third kappa shape index (κ3) is 10.1. The predicted molar refractivity (Wildman–Crippen MR) is 190 cm³/mol. The van der Waals surface area contributed by atoms with Crippen LogP contribution in [0.1, 0.15) is 79.1 Å². The van der Waals surface area contributed by atoms with E-state index in [2.05, 4.69) is 89.1 Å². The standard InChI is InChI=1S/C40H62N2O4/c1-11-39(9)17-13-33(25-35(39)29(3)4)31(7)27-45-37(43)15-19-41-21-23-42(24-22-41)20-16-38(44)46-28-32(8)34-14-18-40(10,12-2)36(26-34)30(5)6/h11-12,33-36H,1-3,5,7-8,13-28H2,4,6,9-10H3/t33-,34-,35+,36+,39-,40-/m1/s1. The molecule has 2 saturated carbocycles. The van der Waals surface area contributed by atoms with E-state index in [0.29, 0.717) is 62.8 Å². The van der Waals surface area contributed by atoms with Gasteiger partial charge in [-0.3, -0.25) is 9.59 Å². The molecule has 0 amide bonds. The smallest absolute Gasteiger partial charge is 0.307 e. The quantitative estimate of drug-likeness (QED) is 0.127. The molecule has 0 aromatic heterocycles. The van der Waals surface area contributed by atoms with E-state index in [1.54, 1.807) is 0 Å². The Morgan fingerprint density at radius 3 is 1.35 bits per heavy atom.